The standard InChI is InChI=1S/C15H16ClNO2/c1-10(2)9-17-15(18)14-7-6-13(19-14)11-4-3-5-12(16)8-11/h3-8,10H,9H2,1-2H3,(H,17,18). The lowest BCUT2D eigenvalue weighted by Gasteiger charge is -2.05. The third-order valence-electron chi connectivity index (χ3n) is 2.61. The van der Waals surface area contributed by atoms with E-state index in [0.29, 0.717) is 29.0 Å². The van der Waals surface area contributed by atoms with E-state index < -0.39 is 0 Å². The Morgan fingerprint density at radius 1 is 1.32 bits per heavy atom. The van der Waals surface area contributed by atoms with Gasteiger partial charge >= 0.3 is 0 Å². The number of amides is 1. The third kappa shape index (κ3) is 3.61. The Morgan fingerprint density at radius 3 is 2.79 bits per heavy atom. The molecule has 1 aromatic heterocycles. The highest BCUT2D eigenvalue weighted by molar-refractivity contribution is 6.30. The van der Waals surface area contributed by atoms with Crippen LogP contribution in [0.2, 0.25) is 5.02 Å². The minimum Gasteiger partial charge on any atom is -0.451 e. The average Bonchev–Trinajstić information content (AvgIpc) is 2.85. The number of hydrogen-bond acceptors (Lipinski definition) is 2. The second-order valence-corrected chi connectivity index (χ2v) is 5.21. The molecule has 19 heavy (non-hydrogen) atoms. The second kappa shape index (κ2) is 5.93. The summed E-state index contributed by atoms with van der Waals surface area (Å²) < 4.78 is 5.55. The van der Waals surface area contributed by atoms with Crippen molar-refractivity contribution in [1.82, 2.24) is 5.32 Å². The highest BCUT2D eigenvalue weighted by Crippen LogP contribution is 2.24. The SMILES string of the molecule is CC(C)CNC(=O)c1ccc(-c2cccc(Cl)c2)o1. The molecule has 2 rings (SSSR count). The van der Waals surface area contributed by atoms with Gasteiger partial charge in [0.25, 0.3) is 5.91 Å². The Hall–Kier alpha value is -1.74. The van der Waals surface area contributed by atoms with Gasteiger partial charge in [-0.25, -0.2) is 0 Å². The van der Waals surface area contributed by atoms with Gasteiger partial charge in [0.2, 0.25) is 0 Å². The Morgan fingerprint density at radius 2 is 2.11 bits per heavy atom. The first kappa shape index (κ1) is 13.7. The number of rotatable bonds is 4. The van der Waals surface area contributed by atoms with Crippen LogP contribution in [0.5, 0.6) is 0 Å². The van der Waals surface area contributed by atoms with E-state index in [1.807, 2.05) is 26.0 Å². The highest BCUT2D eigenvalue weighted by atomic mass is 35.5. The van der Waals surface area contributed by atoms with E-state index in [4.69, 9.17) is 16.0 Å². The van der Waals surface area contributed by atoms with Crippen LogP contribution in [-0.4, -0.2) is 12.5 Å². The Labute approximate surface area is 117 Å². The lowest BCUT2D eigenvalue weighted by Crippen LogP contribution is -2.26. The van der Waals surface area contributed by atoms with Crippen molar-refractivity contribution in [2.45, 2.75) is 13.8 Å². The molecular formula is C15H16ClNO2. The zero-order chi connectivity index (χ0) is 13.8. The van der Waals surface area contributed by atoms with Crippen molar-refractivity contribution in [2.75, 3.05) is 6.54 Å². The third-order valence-corrected chi connectivity index (χ3v) is 2.84. The van der Waals surface area contributed by atoms with Crippen LogP contribution < -0.4 is 5.32 Å². The van der Waals surface area contributed by atoms with Crippen LogP contribution in [0.15, 0.2) is 40.8 Å². The molecule has 0 bridgehead atoms. The Bertz CT molecular complexity index is 575. The van der Waals surface area contributed by atoms with Crippen molar-refractivity contribution in [3.63, 3.8) is 0 Å². The van der Waals surface area contributed by atoms with Gasteiger partial charge in [0, 0.05) is 17.1 Å². The quantitative estimate of drug-likeness (QED) is 0.918. The maximum absolute atomic E-state index is 11.8. The van der Waals surface area contributed by atoms with Gasteiger partial charge < -0.3 is 9.73 Å². The number of halogens is 1. The highest BCUT2D eigenvalue weighted by Gasteiger charge is 2.12. The number of benzene rings is 1. The zero-order valence-electron chi connectivity index (χ0n) is 10.9. The average molecular weight is 278 g/mol. The molecule has 0 aliphatic carbocycles. The van der Waals surface area contributed by atoms with Gasteiger partial charge in [0.1, 0.15) is 5.76 Å². The van der Waals surface area contributed by atoms with Crippen molar-refractivity contribution >= 4 is 17.5 Å². The second-order valence-electron chi connectivity index (χ2n) is 4.78. The molecule has 0 saturated heterocycles. The van der Waals surface area contributed by atoms with Crippen LogP contribution in [0, 0.1) is 5.92 Å². The molecule has 0 aliphatic rings. The minimum atomic E-state index is -0.193. The lowest BCUT2D eigenvalue weighted by atomic mass is 10.2. The fourth-order valence-corrected chi connectivity index (χ4v) is 1.83. The van der Waals surface area contributed by atoms with Crippen LogP contribution in [0.1, 0.15) is 24.4 Å². The molecule has 0 atom stereocenters. The summed E-state index contributed by atoms with van der Waals surface area (Å²) in [6, 6.07) is 10.8. The Balaban J connectivity index is 2.13. The molecule has 1 amide bonds. The summed E-state index contributed by atoms with van der Waals surface area (Å²) in [6.07, 6.45) is 0. The van der Waals surface area contributed by atoms with Gasteiger partial charge in [-0.15, -0.1) is 0 Å². The van der Waals surface area contributed by atoms with E-state index in [2.05, 4.69) is 5.32 Å². The van der Waals surface area contributed by atoms with Crippen molar-refractivity contribution in [2.24, 2.45) is 5.92 Å². The molecule has 1 aromatic carbocycles. The number of furan rings is 1. The van der Waals surface area contributed by atoms with Gasteiger partial charge in [-0.3, -0.25) is 4.79 Å². The maximum Gasteiger partial charge on any atom is 0.287 e. The van der Waals surface area contributed by atoms with Gasteiger partial charge in [-0.05, 0) is 30.2 Å². The molecule has 0 radical (unpaired) electrons. The van der Waals surface area contributed by atoms with Crippen molar-refractivity contribution < 1.29 is 9.21 Å². The molecule has 1 heterocycles. The van der Waals surface area contributed by atoms with Gasteiger partial charge in [-0.1, -0.05) is 37.6 Å². The first-order valence-electron chi connectivity index (χ1n) is 6.20. The topological polar surface area (TPSA) is 42.2 Å². The molecule has 3 nitrogen and oxygen atoms in total. The monoisotopic (exact) mass is 277 g/mol. The summed E-state index contributed by atoms with van der Waals surface area (Å²) in [5.41, 5.74) is 0.857. The fourth-order valence-electron chi connectivity index (χ4n) is 1.64. The van der Waals surface area contributed by atoms with Crippen molar-refractivity contribution in [3.05, 3.63) is 47.2 Å². The lowest BCUT2D eigenvalue weighted by molar-refractivity contribution is 0.0922. The molecule has 0 aliphatic heterocycles. The van der Waals surface area contributed by atoms with E-state index >= 15 is 0 Å². The molecule has 0 spiro atoms. The van der Waals surface area contributed by atoms with Crippen LogP contribution >= 0.6 is 11.6 Å². The predicted molar refractivity (Wildman–Crippen MR) is 76.3 cm³/mol. The summed E-state index contributed by atoms with van der Waals surface area (Å²) in [5, 5.41) is 3.45. The molecule has 0 saturated carbocycles. The smallest absolute Gasteiger partial charge is 0.287 e. The van der Waals surface area contributed by atoms with Crippen LogP contribution in [-0.2, 0) is 0 Å². The maximum atomic E-state index is 11.8. The molecule has 1 N–H and O–H groups in total. The molecule has 0 fully saturated rings. The van der Waals surface area contributed by atoms with E-state index in [-0.39, 0.29) is 5.91 Å². The van der Waals surface area contributed by atoms with E-state index in [1.165, 1.54) is 0 Å². The molecule has 4 heteroatoms. The van der Waals surface area contributed by atoms with Crippen molar-refractivity contribution in [1.29, 1.82) is 0 Å². The first-order valence-corrected chi connectivity index (χ1v) is 6.58. The number of carbonyl (C=O) groups excluding carboxylic acids is 1. The summed E-state index contributed by atoms with van der Waals surface area (Å²) in [6.45, 7) is 4.71. The zero-order valence-corrected chi connectivity index (χ0v) is 11.7. The van der Waals surface area contributed by atoms with Crippen LogP contribution in [0.4, 0.5) is 0 Å². The summed E-state index contributed by atoms with van der Waals surface area (Å²) in [4.78, 5) is 11.8. The van der Waals surface area contributed by atoms with Gasteiger partial charge in [0.15, 0.2) is 5.76 Å². The molecule has 2 aromatic rings. The van der Waals surface area contributed by atoms with E-state index in [0.717, 1.165) is 5.56 Å². The predicted octanol–water partition coefficient (Wildman–Crippen LogP) is 3.99. The number of carbonyl (C=O) groups is 1. The number of hydrogen-bond donors (Lipinski definition) is 1. The number of nitrogens with one attached hydrogen (secondary N) is 1. The molecule has 100 valence electrons. The summed E-state index contributed by atoms with van der Waals surface area (Å²) >= 11 is 5.93. The normalized spacial score (nSPS) is 10.7. The van der Waals surface area contributed by atoms with Gasteiger partial charge in [0.05, 0.1) is 0 Å². The minimum absolute atomic E-state index is 0.193. The largest absolute Gasteiger partial charge is 0.451 e. The van der Waals surface area contributed by atoms with Crippen LogP contribution in [0.25, 0.3) is 11.3 Å². The molecular weight excluding hydrogens is 262 g/mol. The summed E-state index contributed by atoms with van der Waals surface area (Å²) in [5.74, 6) is 1.17. The fraction of sp³-hybridized carbons (Fsp3) is 0.267. The van der Waals surface area contributed by atoms with E-state index in [1.54, 1.807) is 24.3 Å². The molecule has 0 unspecified atom stereocenters. The summed E-state index contributed by atoms with van der Waals surface area (Å²) in [7, 11) is 0. The Kier molecular flexibility index (Phi) is 4.27. The van der Waals surface area contributed by atoms with Gasteiger partial charge in [-0.2, -0.15) is 0 Å². The first-order chi connectivity index (χ1) is 9.06. The van der Waals surface area contributed by atoms with Crippen molar-refractivity contribution in [3.8, 4) is 11.3 Å². The van der Waals surface area contributed by atoms with E-state index in [9.17, 15) is 4.79 Å². The van der Waals surface area contributed by atoms with Crippen LogP contribution in [0.3, 0.4) is 0 Å².